The van der Waals surface area contributed by atoms with Gasteiger partial charge in [-0.1, -0.05) is 48.5 Å². The number of ketones is 2. The largest absolute Gasteiger partial charge is 0.481 e. The van der Waals surface area contributed by atoms with Gasteiger partial charge in [0.05, 0.1) is 23.5 Å². The van der Waals surface area contributed by atoms with Crippen LogP contribution in [0.1, 0.15) is 127 Å². The molecule has 8 atom stereocenters. The van der Waals surface area contributed by atoms with Crippen molar-refractivity contribution in [3.8, 4) is 0 Å². The molecule has 0 unspecified atom stereocenters. The number of amides is 1. The maximum atomic E-state index is 14.7. The number of carboxylic acid groups (broad SMARTS) is 1. The Morgan fingerprint density at radius 3 is 2.07 bits per heavy atom. The fraction of sp³-hybridized carbons (Fsp3) is 0.833. The third-order valence-electron chi connectivity index (χ3n) is 16.4. The van der Waals surface area contributed by atoms with E-state index in [9.17, 15) is 37.5 Å². The molecule has 0 radical (unpaired) electrons. The second-order valence-corrected chi connectivity index (χ2v) is 22.2. The number of aliphatic carboxylic acids is 1. The van der Waals surface area contributed by atoms with E-state index in [1.165, 1.54) is 9.21 Å². The first kappa shape index (κ1) is 41.0. The molecular formula is C42H64N2O9S. The van der Waals surface area contributed by atoms with Gasteiger partial charge in [-0.25, -0.2) is 8.42 Å². The topological polar surface area (TPSA) is 155 Å². The van der Waals surface area contributed by atoms with Gasteiger partial charge in [-0.05, 0) is 116 Å². The number of fused-ring (bicyclic) bond motifs is 7. The number of hydrogen-bond acceptors (Lipinski definition) is 8. The highest BCUT2D eigenvalue weighted by atomic mass is 32.2. The number of nitrogens with zero attached hydrogens (tertiary/aromatic N) is 2. The third-order valence-corrected chi connectivity index (χ3v) is 17.7. The van der Waals surface area contributed by atoms with E-state index in [0.29, 0.717) is 18.8 Å². The molecule has 54 heavy (non-hydrogen) atoms. The summed E-state index contributed by atoms with van der Waals surface area (Å²) >= 11 is 0. The molecular weight excluding hydrogens is 709 g/mol. The molecule has 0 spiro atoms. The van der Waals surface area contributed by atoms with Crippen LogP contribution in [0.15, 0.2) is 11.1 Å². The van der Waals surface area contributed by atoms with Gasteiger partial charge in [0.15, 0.2) is 5.78 Å². The Balaban J connectivity index is 1.29. The fourth-order valence-electron chi connectivity index (χ4n) is 13.3. The minimum Gasteiger partial charge on any atom is -0.481 e. The molecule has 4 saturated carbocycles. The SMILES string of the molecule is CC(C)C1=C2[C@H]3CC[C@@H]4[C@@]5(C)CC[C@H](OC(=O)CC(C)(C)C(=O)O)C(C)(C)[C@@H]5CC[C@@]4(C)[C@]3(C)CC[C@@]2(C(=O)C(=O)N2CCN(S(C)(=O)=O)CC2)CC1=O. The van der Waals surface area contributed by atoms with Crippen LogP contribution in [-0.2, 0) is 38.7 Å². The lowest BCUT2D eigenvalue weighted by Crippen LogP contribution is -2.66. The Labute approximate surface area is 322 Å². The highest BCUT2D eigenvalue weighted by Crippen LogP contribution is 2.77. The lowest BCUT2D eigenvalue weighted by molar-refractivity contribution is -0.233. The van der Waals surface area contributed by atoms with E-state index in [1.807, 2.05) is 13.8 Å². The molecule has 0 bridgehead atoms. The molecule has 1 N–H and O–H groups in total. The summed E-state index contributed by atoms with van der Waals surface area (Å²) in [6, 6.07) is 0. The summed E-state index contributed by atoms with van der Waals surface area (Å²) < 4.78 is 31.7. The highest BCUT2D eigenvalue weighted by Gasteiger charge is 2.71. The van der Waals surface area contributed by atoms with Gasteiger partial charge in [0.1, 0.15) is 6.10 Å². The molecule has 1 heterocycles. The van der Waals surface area contributed by atoms with E-state index >= 15 is 0 Å². The van der Waals surface area contributed by atoms with Gasteiger partial charge in [0.25, 0.3) is 5.91 Å². The number of carboxylic acids is 1. The zero-order chi connectivity index (χ0) is 40.2. The van der Waals surface area contributed by atoms with Crippen molar-refractivity contribution < 1.29 is 42.2 Å². The molecule has 11 nitrogen and oxygen atoms in total. The summed E-state index contributed by atoms with van der Waals surface area (Å²) in [5, 5.41) is 9.60. The maximum absolute atomic E-state index is 14.7. The standard InChI is InChI=1S/C42H64N2O9S/c1-25(2)32-27(45)23-42(34(47)35(48)43-19-21-44(22-20-43)54(10,51)52)18-17-40(8)26(33(32)42)11-12-29-39(7)15-14-30(53-31(46)24-37(3,4)36(49)50)38(5,6)28(39)13-16-41(29,40)9/h25-26,28-30H,11-24H2,1-10H3,(H,49,50)/t26-,28+,29-,30+,39+,40-,41-,42-/m1/s1. The predicted octanol–water partition coefficient (Wildman–Crippen LogP) is 6.05. The Kier molecular flexibility index (Phi) is 10.1. The molecule has 1 amide bonds. The molecule has 5 fully saturated rings. The van der Waals surface area contributed by atoms with E-state index in [0.717, 1.165) is 55.9 Å². The van der Waals surface area contributed by atoms with Crippen molar-refractivity contribution in [1.29, 1.82) is 0 Å². The van der Waals surface area contributed by atoms with Crippen molar-refractivity contribution in [1.82, 2.24) is 9.21 Å². The number of allylic oxidation sites excluding steroid dienone is 2. The van der Waals surface area contributed by atoms with E-state index < -0.39 is 44.5 Å². The summed E-state index contributed by atoms with van der Waals surface area (Å²) in [7, 11) is -3.41. The average Bonchev–Trinajstić information content (AvgIpc) is 3.38. The van der Waals surface area contributed by atoms with E-state index in [4.69, 9.17) is 4.74 Å². The van der Waals surface area contributed by atoms with Crippen molar-refractivity contribution in [2.45, 2.75) is 133 Å². The maximum Gasteiger partial charge on any atom is 0.309 e. The van der Waals surface area contributed by atoms with Crippen LogP contribution in [0.5, 0.6) is 0 Å². The molecule has 0 aromatic carbocycles. The van der Waals surface area contributed by atoms with Crippen molar-refractivity contribution in [2.75, 3.05) is 32.4 Å². The summed E-state index contributed by atoms with van der Waals surface area (Å²) in [6.07, 6.45) is 7.17. The van der Waals surface area contributed by atoms with Gasteiger partial charge in [-0.2, -0.15) is 4.31 Å². The van der Waals surface area contributed by atoms with Crippen LogP contribution in [0.25, 0.3) is 0 Å². The third kappa shape index (κ3) is 6.04. The number of rotatable bonds is 8. The molecule has 302 valence electrons. The molecule has 1 saturated heterocycles. The normalized spacial score (nSPS) is 38.3. The van der Waals surface area contributed by atoms with Crippen molar-refractivity contribution in [2.24, 2.45) is 56.2 Å². The monoisotopic (exact) mass is 772 g/mol. The molecule has 0 aromatic heterocycles. The van der Waals surface area contributed by atoms with E-state index in [2.05, 4.69) is 34.6 Å². The number of carbonyl (C=O) groups is 5. The van der Waals surface area contributed by atoms with Gasteiger partial charge in [0.2, 0.25) is 15.8 Å². The van der Waals surface area contributed by atoms with Gasteiger partial charge in [-0.15, -0.1) is 0 Å². The Hall–Kier alpha value is -2.60. The van der Waals surface area contributed by atoms with Crippen LogP contribution < -0.4 is 0 Å². The molecule has 5 aliphatic carbocycles. The van der Waals surface area contributed by atoms with E-state index in [-0.39, 0.29) is 90.3 Å². The van der Waals surface area contributed by atoms with Crippen LogP contribution in [0, 0.1) is 56.2 Å². The molecule has 6 rings (SSSR count). The lowest BCUT2D eigenvalue weighted by atomic mass is 9.33. The summed E-state index contributed by atoms with van der Waals surface area (Å²) in [4.78, 5) is 69.1. The zero-order valence-electron chi connectivity index (χ0n) is 34.3. The van der Waals surface area contributed by atoms with Gasteiger partial charge in [0, 0.05) is 38.0 Å². The number of sulfonamides is 1. The van der Waals surface area contributed by atoms with Gasteiger partial charge in [-0.3, -0.25) is 24.0 Å². The Morgan fingerprint density at radius 2 is 1.50 bits per heavy atom. The van der Waals surface area contributed by atoms with Crippen LogP contribution in [-0.4, -0.2) is 90.7 Å². The Bertz CT molecular complexity index is 1770. The number of hydrogen-bond donors (Lipinski definition) is 1. The highest BCUT2D eigenvalue weighted by molar-refractivity contribution is 7.88. The molecule has 6 aliphatic rings. The summed E-state index contributed by atoms with van der Waals surface area (Å²) in [5.74, 6) is -2.06. The average molecular weight is 773 g/mol. The number of esters is 1. The lowest BCUT2D eigenvalue weighted by Gasteiger charge is -2.72. The smallest absolute Gasteiger partial charge is 0.309 e. The molecule has 12 heteroatoms. The first-order valence-corrected chi connectivity index (χ1v) is 22.1. The van der Waals surface area contributed by atoms with Crippen LogP contribution >= 0.6 is 0 Å². The zero-order valence-corrected chi connectivity index (χ0v) is 35.1. The molecule has 0 aromatic rings. The van der Waals surface area contributed by atoms with Crippen LogP contribution in [0.4, 0.5) is 0 Å². The number of carbonyl (C=O) groups excluding carboxylic acids is 4. The summed E-state index contributed by atoms with van der Waals surface area (Å²) in [6.45, 7) is 19.4. The van der Waals surface area contributed by atoms with E-state index in [1.54, 1.807) is 13.8 Å². The summed E-state index contributed by atoms with van der Waals surface area (Å²) in [5.41, 5.74) is -1.37. The van der Waals surface area contributed by atoms with Crippen LogP contribution in [0.3, 0.4) is 0 Å². The predicted molar refractivity (Wildman–Crippen MR) is 203 cm³/mol. The van der Waals surface area contributed by atoms with Crippen molar-refractivity contribution in [3.63, 3.8) is 0 Å². The number of ether oxygens (including phenoxy) is 1. The molecule has 1 aliphatic heterocycles. The first-order chi connectivity index (χ1) is 24.8. The van der Waals surface area contributed by atoms with Crippen molar-refractivity contribution >= 4 is 39.4 Å². The minimum atomic E-state index is -3.41. The quantitative estimate of drug-likeness (QED) is 0.229. The number of Topliss-reactive ketones (excluding diaryl/α,β-unsaturated/α-hetero) is 2. The minimum absolute atomic E-state index is 0.0155. The fourth-order valence-corrected chi connectivity index (χ4v) is 14.1. The van der Waals surface area contributed by atoms with Gasteiger partial charge >= 0.3 is 11.9 Å². The van der Waals surface area contributed by atoms with Crippen molar-refractivity contribution in [3.05, 3.63) is 11.1 Å². The number of piperazine rings is 1. The van der Waals surface area contributed by atoms with Crippen LogP contribution in [0.2, 0.25) is 0 Å². The van der Waals surface area contributed by atoms with Gasteiger partial charge < -0.3 is 14.7 Å². The second kappa shape index (κ2) is 13.2. The first-order valence-electron chi connectivity index (χ1n) is 20.3. The second-order valence-electron chi connectivity index (χ2n) is 20.3. The Morgan fingerprint density at radius 1 is 0.870 bits per heavy atom.